The highest BCUT2D eigenvalue weighted by Crippen LogP contribution is 2.02. The minimum atomic E-state index is 0.0465. The van der Waals surface area contributed by atoms with Gasteiger partial charge in [0, 0.05) is 49.9 Å². The van der Waals surface area contributed by atoms with Gasteiger partial charge in [0.05, 0.1) is 5.69 Å². The molecule has 0 spiro atoms. The summed E-state index contributed by atoms with van der Waals surface area (Å²) in [7, 11) is 0. The summed E-state index contributed by atoms with van der Waals surface area (Å²) in [5.74, 6) is 0.0465. The van der Waals surface area contributed by atoms with Gasteiger partial charge in [-0.15, -0.1) is 0 Å². The van der Waals surface area contributed by atoms with Crippen LogP contribution in [0.2, 0.25) is 0 Å². The van der Waals surface area contributed by atoms with Gasteiger partial charge in [0.1, 0.15) is 0 Å². The molecule has 2 heterocycles. The molecular weight excluding hydrogens is 252 g/mol. The number of rotatable bonds is 6. The minimum Gasteiger partial charge on any atom is -0.353 e. The van der Waals surface area contributed by atoms with Crippen LogP contribution in [0.5, 0.6) is 0 Å². The quantitative estimate of drug-likeness (QED) is 0.864. The van der Waals surface area contributed by atoms with E-state index in [1.165, 1.54) is 0 Å². The third-order valence-electron chi connectivity index (χ3n) is 2.90. The molecule has 0 aliphatic heterocycles. The van der Waals surface area contributed by atoms with Gasteiger partial charge in [-0.25, -0.2) is 0 Å². The highest BCUT2D eigenvalue weighted by atomic mass is 16.1. The van der Waals surface area contributed by atoms with E-state index in [2.05, 4.69) is 20.3 Å². The Labute approximate surface area is 118 Å². The number of carbonyl (C=O) groups is 1. The van der Waals surface area contributed by atoms with Gasteiger partial charge < -0.3 is 5.32 Å². The van der Waals surface area contributed by atoms with Crippen molar-refractivity contribution in [2.24, 2.45) is 0 Å². The number of hydrogen-bond acceptors (Lipinski definition) is 4. The summed E-state index contributed by atoms with van der Waals surface area (Å²) in [6.07, 6.45) is 10.4. The zero-order valence-corrected chi connectivity index (χ0v) is 11.5. The average molecular weight is 270 g/mol. The predicted molar refractivity (Wildman–Crippen MR) is 75.9 cm³/mol. The molecule has 0 aromatic carbocycles. The first-order valence-electron chi connectivity index (χ1n) is 6.67. The lowest BCUT2D eigenvalue weighted by molar-refractivity contribution is -0.121. The molecule has 0 bridgehead atoms. The topological polar surface area (TPSA) is 67.8 Å². The summed E-state index contributed by atoms with van der Waals surface area (Å²) in [5, 5.41) is 2.97. The van der Waals surface area contributed by atoms with Crippen molar-refractivity contribution in [2.75, 3.05) is 0 Å². The zero-order valence-electron chi connectivity index (χ0n) is 11.5. The molecule has 0 unspecified atom stereocenters. The SMILES string of the molecule is C[C@H](Cc1cnccn1)NC(=O)CCc1cccnc1. The second-order valence-corrected chi connectivity index (χ2v) is 4.73. The van der Waals surface area contributed by atoms with Crippen LogP contribution >= 0.6 is 0 Å². The van der Waals surface area contributed by atoms with Crippen molar-refractivity contribution in [3.63, 3.8) is 0 Å². The number of aromatic nitrogens is 3. The molecule has 1 amide bonds. The maximum Gasteiger partial charge on any atom is 0.220 e. The van der Waals surface area contributed by atoms with E-state index in [9.17, 15) is 4.79 Å². The van der Waals surface area contributed by atoms with Crippen LogP contribution in [0.25, 0.3) is 0 Å². The van der Waals surface area contributed by atoms with Gasteiger partial charge in [0.2, 0.25) is 5.91 Å². The molecule has 5 heteroatoms. The maximum atomic E-state index is 11.8. The molecule has 0 fully saturated rings. The lowest BCUT2D eigenvalue weighted by Crippen LogP contribution is -2.34. The summed E-state index contributed by atoms with van der Waals surface area (Å²) < 4.78 is 0. The molecule has 0 aliphatic carbocycles. The van der Waals surface area contributed by atoms with Gasteiger partial charge in [-0.3, -0.25) is 19.7 Å². The first-order valence-corrected chi connectivity index (χ1v) is 6.67. The highest BCUT2D eigenvalue weighted by Gasteiger charge is 2.09. The van der Waals surface area contributed by atoms with E-state index in [4.69, 9.17) is 0 Å². The van der Waals surface area contributed by atoms with Crippen LogP contribution in [-0.4, -0.2) is 26.9 Å². The molecule has 2 aromatic heterocycles. The fourth-order valence-corrected chi connectivity index (χ4v) is 1.95. The van der Waals surface area contributed by atoms with E-state index in [0.29, 0.717) is 19.3 Å². The van der Waals surface area contributed by atoms with Gasteiger partial charge in [-0.05, 0) is 25.0 Å². The van der Waals surface area contributed by atoms with E-state index < -0.39 is 0 Å². The fraction of sp³-hybridized carbons (Fsp3) is 0.333. The lowest BCUT2D eigenvalue weighted by Gasteiger charge is -2.13. The number of nitrogens with zero attached hydrogens (tertiary/aromatic N) is 3. The standard InChI is InChI=1S/C15H18N4O/c1-12(9-14-11-17-7-8-18-14)19-15(20)5-4-13-3-2-6-16-10-13/h2-3,6-8,10-12H,4-5,9H2,1H3,(H,19,20)/t12-/m1/s1. The molecule has 2 aromatic rings. The van der Waals surface area contributed by atoms with Crippen molar-refractivity contribution >= 4 is 5.91 Å². The van der Waals surface area contributed by atoms with Crippen LogP contribution in [0.1, 0.15) is 24.6 Å². The number of hydrogen-bond donors (Lipinski definition) is 1. The zero-order chi connectivity index (χ0) is 14.2. The predicted octanol–water partition coefficient (Wildman–Crippen LogP) is 1.55. The molecular formula is C15H18N4O. The lowest BCUT2D eigenvalue weighted by atomic mass is 10.1. The average Bonchev–Trinajstić information content (AvgIpc) is 2.47. The Morgan fingerprint density at radius 3 is 2.80 bits per heavy atom. The minimum absolute atomic E-state index is 0.0465. The van der Waals surface area contributed by atoms with Crippen LogP contribution in [0, 0.1) is 0 Å². The third kappa shape index (κ3) is 4.76. The first kappa shape index (κ1) is 14.1. The number of carbonyl (C=O) groups excluding carboxylic acids is 1. The largest absolute Gasteiger partial charge is 0.353 e. The Balaban J connectivity index is 1.74. The fourth-order valence-electron chi connectivity index (χ4n) is 1.95. The smallest absolute Gasteiger partial charge is 0.220 e. The first-order chi connectivity index (χ1) is 9.74. The number of pyridine rings is 1. The normalized spacial score (nSPS) is 11.8. The molecule has 0 saturated heterocycles. The van der Waals surface area contributed by atoms with Crippen molar-refractivity contribution in [3.8, 4) is 0 Å². The molecule has 20 heavy (non-hydrogen) atoms. The molecule has 2 rings (SSSR count). The number of aryl methyl sites for hydroxylation is 1. The van der Waals surface area contributed by atoms with Gasteiger partial charge in [-0.2, -0.15) is 0 Å². The summed E-state index contributed by atoms with van der Waals surface area (Å²) in [6, 6.07) is 3.90. The van der Waals surface area contributed by atoms with Crippen molar-refractivity contribution < 1.29 is 4.79 Å². The Morgan fingerprint density at radius 1 is 1.25 bits per heavy atom. The molecule has 1 N–H and O–H groups in total. The van der Waals surface area contributed by atoms with E-state index in [0.717, 1.165) is 11.3 Å². The number of nitrogens with one attached hydrogen (secondary N) is 1. The van der Waals surface area contributed by atoms with Crippen LogP contribution in [-0.2, 0) is 17.6 Å². The third-order valence-corrected chi connectivity index (χ3v) is 2.90. The highest BCUT2D eigenvalue weighted by molar-refractivity contribution is 5.76. The maximum absolute atomic E-state index is 11.8. The second-order valence-electron chi connectivity index (χ2n) is 4.73. The second kappa shape index (κ2) is 7.33. The van der Waals surface area contributed by atoms with Gasteiger partial charge in [0.25, 0.3) is 0 Å². The Bertz CT molecular complexity index is 530. The van der Waals surface area contributed by atoms with Gasteiger partial charge in [0.15, 0.2) is 0 Å². The monoisotopic (exact) mass is 270 g/mol. The van der Waals surface area contributed by atoms with Crippen LogP contribution in [0.4, 0.5) is 0 Å². The number of amides is 1. The molecule has 104 valence electrons. The Hall–Kier alpha value is -2.30. The summed E-state index contributed by atoms with van der Waals surface area (Å²) in [5.41, 5.74) is 1.96. The molecule has 1 atom stereocenters. The summed E-state index contributed by atoms with van der Waals surface area (Å²) >= 11 is 0. The van der Waals surface area contributed by atoms with Crippen LogP contribution in [0.3, 0.4) is 0 Å². The molecule has 0 aliphatic rings. The van der Waals surface area contributed by atoms with Crippen LogP contribution < -0.4 is 5.32 Å². The van der Waals surface area contributed by atoms with Crippen molar-refractivity contribution in [3.05, 3.63) is 54.4 Å². The summed E-state index contributed by atoms with van der Waals surface area (Å²) in [6.45, 7) is 1.97. The van der Waals surface area contributed by atoms with E-state index in [-0.39, 0.29) is 11.9 Å². The molecule has 5 nitrogen and oxygen atoms in total. The van der Waals surface area contributed by atoms with E-state index in [1.807, 2.05) is 19.1 Å². The van der Waals surface area contributed by atoms with Gasteiger partial charge in [-0.1, -0.05) is 6.07 Å². The van der Waals surface area contributed by atoms with Crippen molar-refractivity contribution in [1.29, 1.82) is 0 Å². The Kier molecular flexibility index (Phi) is 5.17. The van der Waals surface area contributed by atoms with Gasteiger partial charge >= 0.3 is 0 Å². The van der Waals surface area contributed by atoms with Crippen LogP contribution in [0.15, 0.2) is 43.1 Å². The summed E-state index contributed by atoms with van der Waals surface area (Å²) in [4.78, 5) is 24.1. The molecule has 0 radical (unpaired) electrons. The van der Waals surface area contributed by atoms with Crippen molar-refractivity contribution in [1.82, 2.24) is 20.3 Å². The molecule has 0 saturated carbocycles. The Morgan fingerprint density at radius 2 is 2.10 bits per heavy atom. The van der Waals surface area contributed by atoms with E-state index >= 15 is 0 Å². The van der Waals surface area contributed by atoms with Crippen molar-refractivity contribution in [2.45, 2.75) is 32.2 Å². The van der Waals surface area contributed by atoms with E-state index in [1.54, 1.807) is 31.0 Å².